The van der Waals surface area contributed by atoms with E-state index in [4.69, 9.17) is 14.5 Å². The van der Waals surface area contributed by atoms with Gasteiger partial charge in [0.05, 0.1) is 18.3 Å². The summed E-state index contributed by atoms with van der Waals surface area (Å²) in [5.41, 5.74) is 0.537. The third kappa shape index (κ3) is 3.59. The second-order valence-corrected chi connectivity index (χ2v) is 7.91. The van der Waals surface area contributed by atoms with Crippen molar-refractivity contribution in [3.05, 3.63) is 46.8 Å². The zero-order valence-corrected chi connectivity index (χ0v) is 17.0. The van der Waals surface area contributed by atoms with Gasteiger partial charge in [-0.05, 0) is 25.3 Å². The van der Waals surface area contributed by atoms with Crippen LogP contribution in [0.3, 0.4) is 0 Å². The summed E-state index contributed by atoms with van der Waals surface area (Å²) in [6.07, 6.45) is 6.06. The second-order valence-electron chi connectivity index (χ2n) is 7.91. The molecule has 158 valence electrons. The molecular formula is C21H26N6O3. The minimum Gasteiger partial charge on any atom is -0.472 e. The van der Waals surface area contributed by atoms with Gasteiger partial charge in [-0.25, -0.2) is 14.6 Å². The first-order chi connectivity index (χ1) is 14.7. The lowest BCUT2D eigenvalue weighted by atomic mass is 10.0. The molecule has 0 amide bonds. The zero-order valence-electron chi connectivity index (χ0n) is 17.0. The van der Waals surface area contributed by atoms with E-state index in [1.54, 1.807) is 12.4 Å². The van der Waals surface area contributed by atoms with E-state index in [1.807, 2.05) is 22.9 Å². The number of ether oxygens (including phenoxy) is 2. The van der Waals surface area contributed by atoms with E-state index < -0.39 is 0 Å². The molecule has 0 bridgehead atoms. The molecule has 9 nitrogen and oxygen atoms in total. The van der Waals surface area contributed by atoms with Gasteiger partial charge < -0.3 is 14.5 Å². The molecule has 9 heteroatoms. The lowest BCUT2D eigenvalue weighted by molar-refractivity contribution is -0.0156. The monoisotopic (exact) mass is 410 g/mol. The summed E-state index contributed by atoms with van der Waals surface area (Å²) in [7, 11) is 0. The number of nitrogens with zero attached hydrogens (tertiary/aromatic N) is 5. The lowest BCUT2D eigenvalue weighted by Crippen LogP contribution is -2.55. The summed E-state index contributed by atoms with van der Waals surface area (Å²) < 4.78 is 13.3. The number of H-pyrrole nitrogens is 1. The first-order valence-corrected chi connectivity index (χ1v) is 10.6. The van der Waals surface area contributed by atoms with Crippen LogP contribution in [-0.2, 0) is 4.74 Å². The number of aromatic nitrogens is 5. The van der Waals surface area contributed by atoms with Crippen molar-refractivity contribution < 1.29 is 9.47 Å². The van der Waals surface area contributed by atoms with E-state index in [9.17, 15) is 4.79 Å². The molecule has 1 atom stereocenters. The topological polar surface area (TPSA) is 98.2 Å². The summed E-state index contributed by atoms with van der Waals surface area (Å²) in [6.45, 7) is 5.08. The van der Waals surface area contributed by atoms with Crippen LogP contribution in [0.15, 0.2) is 35.4 Å². The Morgan fingerprint density at radius 3 is 2.87 bits per heavy atom. The number of fused-ring (bicyclic) bond motifs is 1. The van der Waals surface area contributed by atoms with Crippen LogP contribution >= 0.6 is 0 Å². The summed E-state index contributed by atoms with van der Waals surface area (Å²) in [5, 5.41) is 5.02. The predicted molar refractivity (Wildman–Crippen MR) is 110 cm³/mol. The van der Waals surface area contributed by atoms with Crippen molar-refractivity contribution in [1.29, 1.82) is 0 Å². The summed E-state index contributed by atoms with van der Waals surface area (Å²) in [4.78, 5) is 27.1. The van der Waals surface area contributed by atoms with Crippen LogP contribution in [0.5, 0.6) is 5.88 Å². The Balaban J connectivity index is 1.36. The van der Waals surface area contributed by atoms with Gasteiger partial charge in [0.1, 0.15) is 17.3 Å². The molecule has 2 aliphatic rings. The molecule has 5 heterocycles. The Hall–Kier alpha value is -2.78. The van der Waals surface area contributed by atoms with Gasteiger partial charge in [0, 0.05) is 38.6 Å². The van der Waals surface area contributed by atoms with Crippen molar-refractivity contribution in [2.45, 2.75) is 44.4 Å². The first-order valence-electron chi connectivity index (χ1n) is 10.6. The van der Waals surface area contributed by atoms with Gasteiger partial charge in [0.25, 0.3) is 5.56 Å². The van der Waals surface area contributed by atoms with E-state index in [0.29, 0.717) is 36.0 Å². The summed E-state index contributed by atoms with van der Waals surface area (Å²) >= 11 is 0. The molecule has 30 heavy (non-hydrogen) atoms. The molecule has 2 saturated heterocycles. The third-order valence-electron chi connectivity index (χ3n) is 5.96. The fourth-order valence-corrected chi connectivity index (χ4v) is 4.32. The Kier molecular flexibility index (Phi) is 5.22. The molecule has 3 aromatic rings. The third-order valence-corrected chi connectivity index (χ3v) is 5.96. The molecule has 1 N–H and O–H groups in total. The highest BCUT2D eigenvalue weighted by Gasteiger charge is 2.35. The van der Waals surface area contributed by atoms with Gasteiger partial charge >= 0.3 is 0 Å². The summed E-state index contributed by atoms with van der Waals surface area (Å²) in [5.74, 6) is 1.34. The SMILES string of the molecule is CCC(c1nc2c(cnn2C2CCOCC2)c(=O)[nH]1)N1CC(Oc2ccccn2)C1. The molecule has 0 aliphatic carbocycles. The van der Waals surface area contributed by atoms with Gasteiger partial charge in [-0.15, -0.1) is 0 Å². The maximum absolute atomic E-state index is 12.7. The fraction of sp³-hybridized carbons (Fsp3) is 0.524. The maximum Gasteiger partial charge on any atom is 0.262 e. The van der Waals surface area contributed by atoms with Crippen molar-refractivity contribution in [3.63, 3.8) is 0 Å². The van der Waals surface area contributed by atoms with Crippen molar-refractivity contribution in [2.24, 2.45) is 0 Å². The van der Waals surface area contributed by atoms with Crippen LogP contribution in [-0.4, -0.2) is 62.0 Å². The molecule has 0 aromatic carbocycles. The van der Waals surface area contributed by atoms with Crippen LogP contribution in [0.25, 0.3) is 11.0 Å². The number of nitrogens with one attached hydrogen (secondary N) is 1. The van der Waals surface area contributed by atoms with E-state index >= 15 is 0 Å². The van der Waals surface area contributed by atoms with Crippen LogP contribution in [0, 0.1) is 0 Å². The fourth-order valence-electron chi connectivity index (χ4n) is 4.32. The highest BCUT2D eigenvalue weighted by molar-refractivity contribution is 5.73. The Morgan fingerprint density at radius 2 is 2.13 bits per heavy atom. The van der Waals surface area contributed by atoms with Crippen LogP contribution < -0.4 is 10.3 Å². The largest absolute Gasteiger partial charge is 0.472 e. The number of rotatable bonds is 6. The van der Waals surface area contributed by atoms with Gasteiger partial charge in [0.15, 0.2) is 5.65 Å². The number of hydrogen-bond acceptors (Lipinski definition) is 7. The molecule has 1 unspecified atom stereocenters. The normalized spacial score (nSPS) is 19.6. The van der Waals surface area contributed by atoms with Crippen molar-refractivity contribution in [1.82, 2.24) is 29.6 Å². The lowest BCUT2D eigenvalue weighted by Gasteiger charge is -2.42. The molecule has 0 radical (unpaired) electrons. The standard InChI is InChI=1S/C21H26N6O3/c1-2-17(26-12-15(13-26)30-18-5-3-4-8-22-18)19-24-20-16(21(28)25-19)11-23-27(20)14-6-9-29-10-7-14/h3-5,8,11,14-15,17H,2,6-7,9-10,12-13H2,1H3,(H,24,25,28). The van der Waals surface area contributed by atoms with E-state index in [1.165, 1.54) is 0 Å². The summed E-state index contributed by atoms with van der Waals surface area (Å²) in [6, 6.07) is 5.90. The van der Waals surface area contributed by atoms with E-state index in [-0.39, 0.29) is 23.7 Å². The Bertz CT molecular complexity index is 1050. The molecule has 2 fully saturated rings. The molecular weight excluding hydrogens is 384 g/mol. The number of pyridine rings is 1. The average molecular weight is 410 g/mol. The number of aromatic amines is 1. The molecule has 0 saturated carbocycles. The van der Waals surface area contributed by atoms with Crippen molar-refractivity contribution >= 4 is 11.0 Å². The number of hydrogen-bond donors (Lipinski definition) is 1. The highest BCUT2D eigenvalue weighted by Crippen LogP contribution is 2.29. The second kappa shape index (κ2) is 8.16. The molecule has 0 spiro atoms. The highest BCUT2D eigenvalue weighted by atomic mass is 16.5. The van der Waals surface area contributed by atoms with Crippen LogP contribution in [0.2, 0.25) is 0 Å². The molecule has 3 aromatic heterocycles. The smallest absolute Gasteiger partial charge is 0.262 e. The zero-order chi connectivity index (χ0) is 20.5. The van der Waals surface area contributed by atoms with Crippen LogP contribution in [0.1, 0.15) is 44.1 Å². The van der Waals surface area contributed by atoms with E-state index in [2.05, 4.69) is 26.9 Å². The molecule has 2 aliphatic heterocycles. The molecule has 5 rings (SSSR count). The van der Waals surface area contributed by atoms with Gasteiger partial charge in [-0.3, -0.25) is 9.69 Å². The maximum atomic E-state index is 12.7. The van der Waals surface area contributed by atoms with Gasteiger partial charge in [-0.1, -0.05) is 13.0 Å². The predicted octanol–water partition coefficient (Wildman–Crippen LogP) is 2.08. The minimum atomic E-state index is -0.131. The van der Waals surface area contributed by atoms with Crippen molar-refractivity contribution in [2.75, 3.05) is 26.3 Å². The van der Waals surface area contributed by atoms with Crippen LogP contribution in [0.4, 0.5) is 0 Å². The Morgan fingerprint density at radius 1 is 1.30 bits per heavy atom. The quantitative estimate of drug-likeness (QED) is 0.664. The van der Waals surface area contributed by atoms with Crippen molar-refractivity contribution in [3.8, 4) is 5.88 Å². The van der Waals surface area contributed by atoms with Gasteiger partial charge in [0.2, 0.25) is 5.88 Å². The number of likely N-dealkylation sites (tertiary alicyclic amines) is 1. The van der Waals surface area contributed by atoms with Gasteiger partial charge in [-0.2, -0.15) is 5.10 Å². The first kappa shape index (κ1) is 19.2. The average Bonchev–Trinajstić information content (AvgIpc) is 3.18. The minimum absolute atomic E-state index is 0.0312. The van der Waals surface area contributed by atoms with E-state index in [0.717, 1.165) is 32.4 Å². The Labute approximate surface area is 174 Å².